The Morgan fingerprint density at radius 2 is 1.14 bits per heavy atom. The van der Waals surface area contributed by atoms with Gasteiger partial charge in [-0.1, -0.05) is 24.3 Å². The van der Waals surface area contributed by atoms with Crippen LogP contribution in [0.25, 0.3) is 0 Å². The molecule has 2 aromatic rings. The van der Waals surface area contributed by atoms with E-state index >= 15 is 0 Å². The lowest BCUT2D eigenvalue weighted by Crippen LogP contribution is -2.02. The molecular weight excluding hydrogens is 336 g/mol. The van der Waals surface area contributed by atoms with Crippen LogP contribution in [0.3, 0.4) is 0 Å². The van der Waals surface area contributed by atoms with Gasteiger partial charge >= 0.3 is 0 Å². The molecule has 0 aromatic heterocycles. The van der Waals surface area contributed by atoms with Crippen LogP contribution < -0.4 is 11.5 Å². The molecule has 22 heavy (non-hydrogen) atoms. The van der Waals surface area contributed by atoms with E-state index < -0.39 is 0 Å². The minimum absolute atomic E-state index is 0. The average Bonchev–Trinajstić information content (AvgIpc) is 2.50. The van der Waals surface area contributed by atoms with Crippen molar-refractivity contribution in [3.63, 3.8) is 0 Å². The van der Waals surface area contributed by atoms with Crippen molar-refractivity contribution < 1.29 is 4.74 Å². The van der Waals surface area contributed by atoms with Crippen LogP contribution in [0, 0.1) is 0 Å². The van der Waals surface area contributed by atoms with E-state index in [4.69, 9.17) is 16.2 Å². The molecule has 120 valence electrons. The summed E-state index contributed by atoms with van der Waals surface area (Å²) in [5.74, 6) is 1.82. The number of nitrogen functional groups attached to an aromatic ring is 2. The van der Waals surface area contributed by atoms with E-state index in [1.54, 1.807) is 23.5 Å². The van der Waals surface area contributed by atoms with Crippen molar-refractivity contribution >= 4 is 47.3 Å². The Morgan fingerprint density at radius 1 is 0.727 bits per heavy atom. The van der Waals surface area contributed by atoms with Gasteiger partial charge in [0.2, 0.25) is 0 Å². The third kappa shape index (κ3) is 6.40. The van der Waals surface area contributed by atoms with Gasteiger partial charge in [0.25, 0.3) is 0 Å². The maximum absolute atomic E-state index is 5.88. The molecule has 0 heterocycles. The Hall–Kier alpha value is -1.01. The Morgan fingerprint density at radius 3 is 1.55 bits per heavy atom. The normalized spacial score (nSPS) is 10.2. The molecule has 0 saturated heterocycles. The predicted molar refractivity (Wildman–Crippen MR) is 101 cm³/mol. The molecule has 2 aromatic carbocycles. The van der Waals surface area contributed by atoms with Crippen molar-refractivity contribution in [2.24, 2.45) is 0 Å². The number of nitrogens with two attached hydrogens (primary N) is 2. The van der Waals surface area contributed by atoms with Gasteiger partial charge in [0.15, 0.2) is 0 Å². The highest BCUT2D eigenvalue weighted by Crippen LogP contribution is 2.25. The van der Waals surface area contributed by atoms with Crippen LogP contribution >= 0.6 is 35.9 Å². The molecule has 0 saturated carbocycles. The molecule has 0 fully saturated rings. The molecule has 3 nitrogen and oxygen atoms in total. The van der Waals surface area contributed by atoms with Crippen molar-refractivity contribution in [1.29, 1.82) is 0 Å². The Balaban J connectivity index is 0.00000242. The summed E-state index contributed by atoms with van der Waals surface area (Å²) in [4.78, 5) is 2.24. The summed E-state index contributed by atoms with van der Waals surface area (Å²) in [7, 11) is 0. The van der Waals surface area contributed by atoms with Crippen LogP contribution in [0.4, 0.5) is 11.4 Å². The highest BCUT2D eigenvalue weighted by Gasteiger charge is 2.00. The number of hydrogen-bond donors (Lipinski definition) is 2. The van der Waals surface area contributed by atoms with Gasteiger partial charge in [0, 0.05) is 32.7 Å². The van der Waals surface area contributed by atoms with Crippen LogP contribution in [0.5, 0.6) is 0 Å². The highest BCUT2D eigenvalue weighted by atomic mass is 35.5. The average molecular weight is 357 g/mol. The SMILES string of the molecule is Cl.Nc1ccccc1SCCOCCSc1ccccc1N. The third-order valence-corrected chi connectivity index (χ3v) is 4.92. The van der Waals surface area contributed by atoms with Gasteiger partial charge in [-0.05, 0) is 24.3 Å². The van der Waals surface area contributed by atoms with Crippen molar-refractivity contribution in [3.8, 4) is 0 Å². The number of hydrogen-bond acceptors (Lipinski definition) is 5. The molecule has 0 radical (unpaired) electrons. The maximum atomic E-state index is 5.88. The Labute approximate surface area is 146 Å². The van der Waals surface area contributed by atoms with Gasteiger partial charge < -0.3 is 16.2 Å². The zero-order valence-electron chi connectivity index (χ0n) is 12.2. The van der Waals surface area contributed by atoms with Crippen LogP contribution in [0.2, 0.25) is 0 Å². The van der Waals surface area contributed by atoms with E-state index in [2.05, 4.69) is 0 Å². The summed E-state index contributed by atoms with van der Waals surface area (Å²) in [6.45, 7) is 1.45. The number of ether oxygens (including phenoxy) is 1. The molecular formula is C16H21ClN2OS2. The predicted octanol–water partition coefficient (Wildman–Crippen LogP) is 4.17. The van der Waals surface area contributed by atoms with E-state index in [0.717, 1.165) is 45.9 Å². The first-order valence-corrected chi connectivity index (χ1v) is 8.77. The summed E-state index contributed by atoms with van der Waals surface area (Å²) < 4.78 is 5.63. The first-order chi connectivity index (χ1) is 10.3. The van der Waals surface area contributed by atoms with Gasteiger partial charge in [-0.2, -0.15) is 0 Å². The van der Waals surface area contributed by atoms with Crippen LogP contribution in [-0.2, 0) is 4.74 Å². The number of rotatable bonds is 8. The van der Waals surface area contributed by atoms with E-state index in [-0.39, 0.29) is 12.4 Å². The molecule has 0 aliphatic carbocycles. The summed E-state index contributed by atoms with van der Waals surface area (Å²) in [6, 6.07) is 15.8. The van der Waals surface area contributed by atoms with E-state index in [1.165, 1.54) is 0 Å². The molecule has 0 spiro atoms. The summed E-state index contributed by atoms with van der Waals surface area (Å²) in [6.07, 6.45) is 0. The molecule has 0 bridgehead atoms. The second-order valence-electron chi connectivity index (χ2n) is 4.38. The number of para-hydroxylation sites is 2. The number of thioether (sulfide) groups is 2. The summed E-state index contributed by atoms with van der Waals surface area (Å²) in [5.41, 5.74) is 13.4. The largest absolute Gasteiger partial charge is 0.398 e. The molecule has 2 rings (SSSR count). The van der Waals surface area contributed by atoms with Gasteiger partial charge in [0.1, 0.15) is 0 Å². The van der Waals surface area contributed by atoms with E-state index in [1.807, 2.05) is 48.5 Å². The highest BCUT2D eigenvalue weighted by molar-refractivity contribution is 7.99. The molecule has 4 N–H and O–H groups in total. The fourth-order valence-electron chi connectivity index (χ4n) is 1.75. The van der Waals surface area contributed by atoms with E-state index in [0.29, 0.717) is 0 Å². The van der Waals surface area contributed by atoms with Gasteiger partial charge in [-0.15, -0.1) is 35.9 Å². The second kappa shape index (κ2) is 10.7. The van der Waals surface area contributed by atoms with Gasteiger partial charge in [0.05, 0.1) is 13.2 Å². The lowest BCUT2D eigenvalue weighted by molar-refractivity contribution is 0.167. The smallest absolute Gasteiger partial charge is 0.0560 e. The zero-order chi connectivity index (χ0) is 14.9. The monoisotopic (exact) mass is 356 g/mol. The summed E-state index contributed by atoms with van der Waals surface area (Å²) >= 11 is 3.45. The van der Waals surface area contributed by atoms with Crippen molar-refractivity contribution in [1.82, 2.24) is 0 Å². The molecule has 0 amide bonds. The number of halogens is 1. The molecule has 6 heteroatoms. The summed E-state index contributed by atoms with van der Waals surface area (Å²) in [5, 5.41) is 0. The van der Waals surface area contributed by atoms with Crippen molar-refractivity contribution in [3.05, 3.63) is 48.5 Å². The standard InChI is InChI=1S/C16H20N2OS2.ClH/c17-13-5-1-3-7-15(13)20-11-9-19-10-12-21-16-8-4-2-6-14(16)18;/h1-8H,9-12,17-18H2;1H. The number of anilines is 2. The fraction of sp³-hybridized carbons (Fsp3) is 0.250. The number of benzene rings is 2. The van der Waals surface area contributed by atoms with Crippen LogP contribution in [-0.4, -0.2) is 24.7 Å². The minimum Gasteiger partial charge on any atom is -0.398 e. The molecule has 0 atom stereocenters. The van der Waals surface area contributed by atoms with Crippen LogP contribution in [0.15, 0.2) is 58.3 Å². The van der Waals surface area contributed by atoms with Crippen LogP contribution in [0.1, 0.15) is 0 Å². The topological polar surface area (TPSA) is 61.3 Å². The lowest BCUT2D eigenvalue weighted by Gasteiger charge is -2.07. The Bertz CT molecular complexity index is 520. The van der Waals surface area contributed by atoms with Crippen molar-refractivity contribution in [2.45, 2.75) is 9.79 Å². The molecule has 0 unspecified atom stereocenters. The minimum atomic E-state index is 0. The Kier molecular flexibility index (Phi) is 9.24. The third-order valence-electron chi connectivity index (χ3n) is 2.81. The quantitative estimate of drug-likeness (QED) is 0.422. The van der Waals surface area contributed by atoms with E-state index in [9.17, 15) is 0 Å². The van der Waals surface area contributed by atoms with Gasteiger partial charge in [-0.3, -0.25) is 0 Å². The van der Waals surface area contributed by atoms with Gasteiger partial charge in [-0.25, -0.2) is 0 Å². The molecule has 0 aliphatic heterocycles. The lowest BCUT2D eigenvalue weighted by atomic mass is 10.3. The first kappa shape index (κ1) is 19.0. The fourth-order valence-corrected chi connectivity index (χ4v) is 3.41. The maximum Gasteiger partial charge on any atom is 0.0560 e. The first-order valence-electron chi connectivity index (χ1n) is 6.79. The molecule has 0 aliphatic rings. The zero-order valence-corrected chi connectivity index (χ0v) is 14.7. The van der Waals surface area contributed by atoms with Crippen molar-refractivity contribution in [2.75, 3.05) is 36.2 Å². The second-order valence-corrected chi connectivity index (χ2v) is 6.66.